The number of carbonyl (C=O) groups is 1. The SMILES string of the molecule is Cc1nc(C)c(CC(=O)NCc2ccc(Cl)cc2)s1. The van der Waals surface area contributed by atoms with Gasteiger partial charge in [-0.15, -0.1) is 11.3 Å². The van der Waals surface area contributed by atoms with Crippen molar-refractivity contribution in [2.75, 3.05) is 0 Å². The summed E-state index contributed by atoms with van der Waals surface area (Å²) in [5.41, 5.74) is 1.99. The second-order valence-corrected chi connectivity index (χ2v) is 6.05. The highest BCUT2D eigenvalue weighted by Crippen LogP contribution is 2.17. The molecular formula is C14H15ClN2OS. The number of hydrogen-bond donors (Lipinski definition) is 1. The molecule has 2 aromatic rings. The normalized spacial score (nSPS) is 10.5. The van der Waals surface area contributed by atoms with Crippen molar-refractivity contribution in [1.29, 1.82) is 0 Å². The van der Waals surface area contributed by atoms with Gasteiger partial charge in [0.15, 0.2) is 0 Å². The Kier molecular flexibility index (Phi) is 4.56. The molecule has 0 radical (unpaired) electrons. The maximum absolute atomic E-state index is 11.9. The third-order valence-electron chi connectivity index (χ3n) is 2.72. The minimum atomic E-state index is 0.0155. The van der Waals surface area contributed by atoms with Crippen molar-refractivity contribution in [1.82, 2.24) is 10.3 Å². The Morgan fingerprint density at radius 1 is 1.32 bits per heavy atom. The van der Waals surface area contributed by atoms with Gasteiger partial charge in [0.2, 0.25) is 5.91 Å². The number of rotatable bonds is 4. The van der Waals surface area contributed by atoms with Gasteiger partial charge >= 0.3 is 0 Å². The number of nitrogens with zero attached hydrogens (tertiary/aromatic N) is 1. The lowest BCUT2D eigenvalue weighted by molar-refractivity contribution is -0.120. The molecule has 0 spiro atoms. The number of halogens is 1. The lowest BCUT2D eigenvalue weighted by atomic mass is 10.2. The summed E-state index contributed by atoms with van der Waals surface area (Å²) < 4.78 is 0. The van der Waals surface area contributed by atoms with E-state index >= 15 is 0 Å². The lowest BCUT2D eigenvalue weighted by Gasteiger charge is -2.05. The maximum atomic E-state index is 11.9. The molecule has 3 nitrogen and oxygen atoms in total. The van der Waals surface area contributed by atoms with Crippen LogP contribution in [0.25, 0.3) is 0 Å². The first-order chi connectivity index (χ1) is 9.04. The van der Waals surface area contributed by atoms with Crippen LogP contribution < -0.4 is 5.32 Å². The molecule has 0 aliphatic heterocycles. The van der Waals surface area contributed by atoms with Crippen LogP contribution in [0.4, 0.5) is 0 Å². The minimum Gasteiger partial charge on any atom is -0.352 e. The summed E-state index contributed by atoms with van der Waals surface area (Å²) in [5, 5.41) is 4.60. The Labute approximate surface area is 121 Å². The summed E-state index contributed by atoms with van der Waals surface area (Å²) in [6.07, 6.45) is 0.394. The molecule has 0 saturated heterocycles. The largest absolute Gasteiger partial charge is 0.352 e. The Morgan fingerprint density at radius 2 is 2.00 bits per heavy atom. The molecule has 0 aliphatic rings. The van der Waals surface area contributed by atoms with Crippen molar-refractivity contribution in [2.24, 2.45) is 0 Å². The number of carbonyl (C=O) groups excluding carboxylic acids is 1. The van der Waals surface area contributed by atoms with E-state index in [0.29, 0.717) is 18.0 Å². The summed E-state index contributed by atoms with van der Waals surface area (Å²) in [5.74, 6) is 0.0155. The summed E-state index contributed by atoms with van der Waals surface area (Å²) in [6.45, 7) is 4.41. The summed E-state index contributed by atoms with van der Waals surface area (Å²) in [4.78, 5) is 17.2. The van der Waals surface area contributed by atoms with Crippen molar-refractivity contribution in [3.63, 3.8) is 0 Å². The second kappa shape index (κ2) is 6.17. The third-order valence-corrected chi connectivity index (χ3v) is 4.05. The third kappa shape index (κ3) is 4.04. The molecule has 100 valence electrons. The van der Waals surface area contributed by atoms with E-state index in [1.807, 2.05) is 38.1 Å². The van der Waals surface area contributed by atoms with E-state index in [1.54, 1.807) is 11.3 Å². The van der Waals surface area contributed by atoms with Crippen molar-refractivity contribution in [3.8, 4) is 0 Å². The first-order valence-corrected chi connectivity index (χ1v) is 7.18. The Bertz CT molecular complexity index is 578. The van der Waals surface area contributed by atoms with E-state index in [2.05, 4.69) is 10.3 Å². The Morgan fingerprint density at radius 3 is 2.58 bits per heavy atom. The molecule has 2 rings (SSSR count). The van der Waals surface area contributed by atoms with Gasteiger partial charge in [-0.05, 0) is 31.5 Å². The smallest absolute Gasteiger partial charge is 0.225 e. The summed E-state index contributed by atoms with van der Waals surface area (Å²) in [6, 6.07) is 7.45. The fourth-order valence-electron chi connectivity index (χ4n) is 1.75. The zero-order valence-corrected chi connectivity index (χ0v) is 12.4. The molecular weight excluding hydrogens is 280 g/mol. The molecule has 1 N–H and O–H groups in total. The molecule has 0 unspecified atom stereocenters. The molecule has 1 aromatic carbocycles. The van der Waals surface area contributed by atoms with Gasteiger partial charge in [0.05, 0.1) is 17.1 Å². The molecule has 0 atom stereocenters. The predicted octanol–water partition coefficient (Wildman–Crippen LogP) is 3.27. The van der Waals surface area contributed by atoms with Crippen LogP contribution in [0.2, 0.25) is 5.02 Å². The van der Waals surface area contributed by atoms with Gasteiger partial charge in [0.25, 0.3) is 0 Å². The second-order valence-electron chi connectivity index (χ2n) is 4.32. The maximum Gasteiger partial charge on any atom is 0.225 e. The number of nitrogens with one attached hydrogen (secondary N) is 1. The van der Waals surface area contributed by atoms with Crippen LogP contribution in [-0.2, 0) is 17.8 Å². The molecule has 1 aromatic heterocycles. The topological polar surface area (TPSA) is 42.0 Å². The van der Waals surface area contributed by atoms with Gasteiger partial charge in [-0.2, -0.15) is 0 Å². The highest BCUT2D eigenvalue weighted by Gasteiger charge is 2.09. The number of thiazole rings is 1. The Hall–Kier alpha value is -1.39. The molecule has 0 saturated carbocycles. The van der Waals surface area contributed by atoms with Crippen LogP contribution in [0.1, 0.15) is 21.1 Å². The van der Waals surface area contributed by atoms with E-state index in [9.17, 15) is 4.79 Å². The number of amides is 1. The van der Waals surface area contributed by atoms with Crippen LogP contribution >= 0.6 is 22.9 Å². The number of hydrogen-bond acceptors (Lipinski definition) is 3. The van der Waals surface area contributed by atoms with Crippen LogP contribution in [0.15, 0.2) is 24.3 Å². The average molecular weight is 295 g/mol. The first-order valence-electron chi connectivity index (χ1n) is 5.98. The van der Waals surface area contributed by atoms with Crippen molar-refractivity contribution >= 4 is 28.8 Å². The van der Waals surface area contributed by atoms with Crippen LogP contribution in [0.3, 0.4) is 0 Å². The van der Waals surface area contributed by atoms with E-state index in [4.69, 9.17) is 11.6 Å². The van der Waals surface area contributed by atoms with Gasteiger partial charge < -0.3 is 5.32 Å². The van der Waals surface area contributed by atoms with Gasteiger partial charge in [-0.1, -0.05) is 23.7 Å². The fourth-order valence-corrected chi connectivity index (χ4v) is 2.81. The highest BCUT2D eigenvalue weighted by atomic mass is 35.5. The number of aryl methyl sites for hydroxylation is 2. The van der Waals surface area contributed by atoms with E-state index in [1.165, 1.54) is 0 Å². The zero-order chi connectivity index (χ0) is 13.8. The molecule has 1 heterocycles. The van der Waals surface area contributed by atoms with Crippen molar-refractivity contribution < 1.29 is 4.79 Å². The average Bonchev–Trinajstić information content (AvgIpc) is 2.67. The molecule has 0 bridgehead atoms. The standard InChI is InChI=1S/C14H15ClN2OS/c1-9-13(19-10(2)17-9)7-14(18)16-8-11-3-5-12(15)6-4-11/h3-6H,7-8H2,1-2H3,(H,16,18). The first kappa shape index (κ1) is 14.0. The summed E-state index contributed by atoms with van der Waals surface area (Å²) >= 11 is 7.39. The minimum absolute atomic E-state index is 0.0155. The Balaban J connectivity index is 1.88. The molecule has 1 amide bonds. The summed E-state index contributed by atoms with van der Waals surface area (Å²) in [7, 11) is 0. The quantitative estimate of drug-likeness (QED) is 0.940. The highest BCUT2D eigenvalue weighted by molar-refractivity contribution is 7.11. The monoisotopic (exact) mass is 294 g/mol. The van der Waals surface area contributed by atoms with Crippen LogP contribution in [-0.4, -0.2) is 10.9 Å². The van der Waals surface area contributed by atoms with Crippen molar-refractivity contribution in [3.05, 3.63) is 50.4 Å². The van der Waals surface area contributed by atoms with E-state index in [0.717, 1.165) is 21.1 Å². The van der Waals surface area contributed by atoms with Crippen molar-refractivity contribution in [2.45, 2.75) is 26.8 Å². The van der Waals surface area contributed by atoms with E-state index < -0.39 is 0 Å². The van der Waals surface area contributed by atoms with E-state index in [-0.39, 0.29) is 5.91 Å². The van der Waals surface area contributed by atoms with Crippen LogP contribution in [0, 0.1) is 13.8 Å². The molecule has 19 heavy (non-hydrogen) atoms. The van der Waals surface area contributed by atoms with Gasteiger partial charge in [0.1, 0.15) is 0 Å². The lowest BCUT2D eigenvalue weighted by Crippen LogP contribution is -2.24. The zero-order valence-electron chi connectivity index (χ0n) is 10.9. The fraction of sp³-hybridized carbons (Fsp3) is 0.286. The van der Waals surface area contributed by atoms with Gasteiger partial charge in [-0.3, -0.25) is 4.79 Å². The van der Waals surface area contributed by atoms with Gasteiger partial charge in [-0.25, -0.2) is 4.98 Å². The van der Waals surface area contributed by atoms with Gasteiger partial charge in [0, 0.05) is 16.4 Å². The molecule has 5 heteroatoms. The number of aromatic nitrogens is 1. The predicted molar refractivity (Wildman–Crippen MR) is 78.6 cm³/mol. The molecule has 0 aliphatic carbocycles. The molecule has 0 fully saturated rings. The number of benzene rings is 1. The van der Waals surface area contributed by atoms with Crippen LogP contribution in [0.5, 0.6) is 0 Å².